The fraction of sp³-hybridized carbons (Fsp3) is 1.00. The summed E-state index contributed by atoms with van der Waals surface area (Å²) in [4.78, 5) is 2.76. The molecule has 19 heavy (non-hydrogen) atoms. The lowest BCUT2D eigenvalue weighted by molar-refractivity contribution is -0.160. The number of methoxy groups -OCH3 is 1. The maximum absolute atomic E-state index is 5.63. The minimum atomic E-state index is 0.222. The van der Waals surface area contributed by atoms with Gasteiger partial charge in [0, 0.05) is 43.2 Å². The fourth-order valence-electron chi connectivity index (χ4n) is 3.91. The first-order chi connectivity index (χ1) is 8.69. The Balaban J connectivity index is 2.15. The lowest BCUT2D eigenvalue weighted by Crippen LogP contribution is -2.72. The van der Waals surface area contributed by atoms with E-state index in [1.54, 1.807) is 0 Å². The van der Waals surface area contributed by atoms with Crippen LogP contribution < -0.4 is 5.32 Å². The maximum Gasteiger partial charge on any atom is 0.0652 e. The van der Waals surface area contributed by atoms with Gasteiger partial charge in [0.15, 0.2) is 0 Å². The van der Waals surface area contributed by atoms with Crippen molar-refractivity contribution < 1.29 is 4.74 Å². The van der Waals surface area contributed by atoms with Crippen molar-refractivity contribution in [3.63, 3.8) is 0 Å². The van der Waals surface area contributed by atoms with E-state index in [1.807, 2.05) is 7.11 Å². The lowest BCUT2D eigenvalue weighted by Gasteiger charge is -2.60. The molecular formula is C16H32N2O. The predicted octanol–water partition coefficient (Wildman–Crippen LogP) is 2.51. The van der Waals surface area contributed by atoms with Crippen LogP contribution in [0.4, 0.5) is 0 Å². The van der Waals surface area contributed by atoms with Crippen LogP contribution >= 0.6 is 0 Å². The molecule has 1 aliphatic carbocycles. The van der Waals surface area contributed by atoms with Gasteiger partial charge in [0.05, 0.1) is 6.10 Å². The van der Waals surface area contributed by atoms with Crippen LogP contribution in [0.15, 0.2) is 0 Å². The highest BCUT2D eigenvalue weighted by molar-refractivity contribution is 5.08. The van der Waals surface area contributed by atoms with E-state index < -0.39 is 0 Å². The van der Waals surface area contributed by atoms with Crippen LogP contribution in [0.25, 0.3) is 0 Å². The molecule has 2 rings (SSSR count). The summed E-state index contributed by atoms with van der Waals surface area (Å²) in [5.74, 6) is 0.695. The second kappa shape index (κ2) is 5.01. The normalized spacial score (nSPS) is 38.2. The zero-order chi connectivity index (χ0) is 14.4. The van der Waals surface area contributed by atoms with E-state index >= 15 is 0 Å². The highest BCUT2D eigenvalue weighted by Crippen LogP contribution is 2.47. The molecule has 1 saturated heterocycles. The molecule has 1 N–H and O–H groups in total. The molecule has 1 saturated carbocycles. The van der Waals surface area contributed by atoms with E-state index in [-0.39, 0.29) is 11.0 Å². The van der Waals surface area contributed by atoms with Crippen molar-refractivity contribution >= 4 is 0 Å². The Hall–Kier alpha value is -0.120. The van der Waals surface area contributed by atoms with E-state index in [2.05, 4.69) is 51.8 Å². The number of piperazine rings is 1. The summed E-state index contributed by atoms with van der Waals surface area (Å²) < 4.78 is 5.63. The molecule has 1 aliphatic heterocycles. The first kappa shape index (κ1) is 15.3. The maximum atomic E-state index is 5.63. The molecular weight excluding hydrogens is 236 g/mol. The first-order valence-electron chi connectivity index (χ1n) is 7.72. The molecule has 3 heteroatoms. The summed E-state index contributed by atoms with van der Waals surface area (Å²) in [5, 5.41) is 3.70. The zero-order valence-corrected chi connectivity index (χ0v) is 13.8. The summed E-state index contributed by atoms with van der Waals surface area (Å²) >= 11 is 0. The van der Waals surface area contributed by atoms with E-state index in [0.717, 1.165) is 13.1 Å². The van der Waals surface area contributed by atoms with Crippen molar-refractivity contribution in [3.05, 3.63) is 0 Å². The van der Waals surface area contributed by atoms with E-state index in [1.165, 1.54) is 6.42 Å². The van der Waals surface area contributed by atoms with Crippen molar-refractivity contribution in [1.82, 2.24) is 10.2 Å². The third-order valence-corrected chi connectivity index (χ3v) is 5.37. The summed E-state index contributed by atoms with van der Waals surface area (Å²) in [6.07, 6.45) is 1.60. The van der Waals surface area contributed by atoms with Crippen LogP contribution in [-0.2, 0) is 4.74 Å². The van der Waals surface area contributed by atoms with Gasteiger partial charge in [-0.05, 0) is 26.2 Å². The Labute approximate surface area is 119 Å². The Kier molecular flexibility index (Phi) is 4.03. The average molecular weight is 268 g/mol. The molecule has 3 atom stereocenters. The molecule has 112 valence electrons. The largest absolute Gasteiger partial charge is 0.381 e. The highest BCUT2D eigenvalue weighted by Gasteiger charge is 2.54. The molecule has 0 aromatic rings. The highest BCUT2D eigenvalue weighted by atomic mass is 16.5. The van der Waals surface area contributed by atoms with Crippen molar-refractivity contribution in [2.45, 2.75) is 71.7 Å². The van der Waals surface area contributed by atoms with Gasteiger partial charge < -0.3 is 10.1 Å². The Morgan fingerprint density at radius 3 is 2.32 bits per heavy atom. The van der Waals surface area contributed by atoms with Crippen LogP contribution in [-0.4, -0.2) is 48.8 Å². The van der Waals surface area contributed by atoms with Gasteiger partial charge in [-0.1, -0.05) is 27.7 Å². The third kappa shape index (κ3) is 2.70. The molecule has 3 nitrogen and oxygen atoms in total. The molecule has 2 aliphatic rings. The van der Waals surface area contributed by atoms with Crippen molar-refractivity contribution in [2.75, 3.05) is 20.2 Å². The smallest absolute Gasteiger partial charge is 0.0652 e. The lowest BCUT2D eigenvalue weighted by atomic mass is 9.62. The number of ether oxygens (including phenoxy) is 1. The molecule has 2 fully saturated rings. The summed E-state index contributed by atoms with van der Waals surface area (Å²) in [6.45, 7) is 16.3. The van der Waals surface area contributed by atoms with Gasteiger partial charge in [0.25, 0.3) is 0 Å². The third-order valence-electron chi connectivity index (χ3n) is 5.37. The Morgan fingerprint density at radius 1 is 1.21 bits per heavy atom. The quantitative estimate of drug-likeness (QED) is 0.851. The minimum Gasteiger partial charge on any atom is -0.381 e. The van der Waals surface area contributed by atoms with Crippen molar-refractivity contribution in [2.24, 2.45) is 11.3 Å². The average Bonchev–Trinajstić information content (AvgIpc) is 2.26. The van der Waals surface area contributed by atoms with E-state index in [9.17, 15) is 0 Å². The van der Waals surface area contributed by atoms with E-state index in [4.69, 9.17) is 4.74 Å². The number of nitrogens with zero attached hydrogens (tertiary/aromatic N) is 1. The molecule has 0 radical (unpaired) electrons. The van der Waals surface area contributed by atoms with Gasteiger partial charge in [-0.3, -0.25) is 4.90 Å². The molecule has 0 bridgehead atoms. The van der Waals surface area contributed by atoms with Gasteiger partial charge in [-0.15, -0.1) is 0 Å². The van der Waals surface area contributed by atoms with Gasteiger partial charge in [-0.25, -0.2) is 0 Å². The fourth-order valence-corrected chi connectivity index (χ4v) is 3.91. The van der Waals surface area contributed by atoms with Gasteiger partial charge >= 0.3 is 0 Å². The molecule has 1 heterocycles. The molecule has 0 amide bonds. The Morgan fingerprint density at radius 2 is 1.84 bits per heavy atom. The number of hydrogen-bond donors (Lipinski definition) is 1. The second-order valence-electron chi connectivity index (χ2n) is 8.05. The van der Waals surface area contributed by atoms with Crippen LogP contribution in [0.2, 0.25) is 0 Å². The van der Waals surface area contributed by atoms with Crippen molar-refractivity contribution in [1.29, 1.82) is 0 Å². The van der Waals surface area contributed by atoms with Crippen molar-refractivity contribution in [3.8, 4) is 0 Å². The van der Waals surface area contributed by atoms with Gasteiger partial charge in [-0.2, -0.15) is 0 Å². The summed E-state index contributed by atoms with van der Waals surface area (Å²) in [6, 6.07) is 1.31. The minimum absolute atomic E-state index is 0.222. The first-order valence-corrected chi connectivity index (χ1v) is 7.72. The topological polar surface area (TPSA) is 24.5 Å². The van der Waals surface area contributed by atoms with Gasteiger partial charge in [0.1, 0.15) is 0 Å². The van der Waals surface area contributed by atoms with Crippen LogP contribution in [0.5, 0.6) is 0 Å². The standard InChI is InChI=1S/C16H32N2O/c1-11(2)12-9-17-15(3,4)10-18(12)13-8-14(19-7)16(13,5)6/h11-14,17H,8-10H2,1-7H3. The molecule has 0 spiro atoms. The molecule has 0 aromatic heterocycles. The zero-order valence-electron chi connectivity index (χ0n) is 13.8. The molecule has 0 aromatic carbocycles. The number of hydrogen-bond acceptors (Lipinski definition) is 3. The second-order valence-corrected chi connectivity index (χ2v) is 8.05. The van der Waals surface area contributed by atoms with Crippen LogP contribution in [0, 0.1) is 11.3 Å². The van der Waals surface area contributed by atoms with Crippen LogP contribution in [0.1, 0.15) is 48.0 Å². The SMILES string of the molecule is COC1CC(N2CC(C)(C)NCC2C(C)C)C1(C)C. The monoisotopic (exact) mass is 268 g/mol. The predicted molar refractivity (Wildman–Crippen MR) is 80.4 cm³/mol. The number of rotatable bonds is 3. The summed E-state index contributed by atoms with van der Waals surface area (Å²) in [5.41, 5.74) is 0.495. The van der Waals surface area contributed by atoms with Crippen LogP contribution in [0.3, 0.4) is 0 Å². The van der Waals surface area contributed by atoms with Gasteiger partial charge in [0.2, 0.25) is 0 Å². The molecule has 3 unspecified atom stereocenters. The Bertz CT molecular complexity index is 325. The summed E-state index contributed by atoms with van der Waals surface area (Å²) in [7, 11) is 1.85. The van der Waals surface area contributed by atoms with E-state index in [0.29, 0.717) is 24.1 Å². The number of nitrogens with one attached hydrogen (secondary N) is 1.